The molecule has 3 N–H and O–H groups in total. The van der Waals surface area contributed by atoms with Gasteiger partial charge < -0.3 is 11.1 Å². The molecule has 5 heteroatoms. The molecule has 0 spiro atoms. The summed E-state index contributed by atoms with van der Waals surface area (Å²) in [5.74, 6) is 1.87. The van der Waals surface area contributed by atoms with Crippen molar-refractivity contribution in [3.8, 4) is 0 Å². The van der Waals surface area contributed by atoms with Crippen LogP contribution >= 0.6 is 11.3 Å². The highest BCUT2D eigenvalue weighted by Gasteiger charge is 2.64. The molecule has 0 aliphatic heterocycles. The number of nitrogens with one attached hydrogen (secondary N) is 1. The molecule has 0 atom stereocenters. The summed E-state index contributed by atoms with van der Waals surface area (Å²) < 4.78 is 0. The van der Waals surface area contributed by atoms with Crippen molar-refractivity contribution in [3.63, 3.8) is 0 Å². The highest BCUT2D eigenvalue weighted by molar-refractivity contribution is 7.18. The Hall–Kier alpha value is -1.36. The maximum atomic E-state index is 5.81. The van der Waals surface area contributed by atoms with Crippen molar-refractivity contribution in [1.29, 1.82) is 0 Å². The standard InChI is InChI=1S/C15H22N4S/c1-8-6-9-11(18-13(16)19-12(9)20-8)17-7-10-14(2,3)15(10,4)5/h6,10H,7H2,1-5H3,(H3,16,17,18,19). The van der Waals surface area contributed by atoms with Gasteiger partial charge in [0.15, 0.2) is 0 Å². The average Bonchev–Trinajstić information content (AvgIpc) is 2.60. The van der Waals surface area contributed by atoms with Crippen molar-refractivity contribution in [1.82, 2.24) is 9.97 Å². The lowest BCUT2D eigenvalue weighted by atomic mass is 10.0. The first kappa shape index (κ1) is 13.6. The number of hydrogen-bond donors (Lipinski definition) is 2. The number of nitrogens with two attached hydrogens (primary N) is 1. The van der Waals surface area contributed by atoms with Gasteiger partial charge in [-0.2, -0.15) is 4.98 Å². The third kappa shape index (κ3) is 1.87. The fraction of sp³-hybridized carbons (Fsp3) is 0.600. The molecule has 0 radical (unpaired) electrons. The Morgan fingerprint density at radius 2 is 1.90 bits per heavy atom. The van der Waals surface area contributed by atoms with Gasteiger partial charge in [-0.3, -0.25) is 0 Å². The van der Waals surface area contributed by atoms with Gasteiger partial charge in [0.25, 0.3) is 0 Å². The van der Waals surface area contributed by atoms with Crippen molar-refractivity contribution >= 4 is 33.3 Å². The fourth-order valence-corrected chi connectivity index (χ4v) is 4.12. The van der Waals surface area contributed by atoms with E-state index in [0.717, 1.165) is 22.6 Å². The topological polar surface area (TPSA) is 63.8 Å². The first-order chi connectivity index (χ1) is 9.23. The van der Waals surface area contributed by atoms with Gasteiger partial charge in [0.1, 0.15) is 10.6 Å². The molecule has 0 bridgehead atoms. The molecule has 1 fully saturated rings. The normalized spacial score (nSPS) is 20.2. The maximum Gasteiger partial charge on any atom is 0.223 e. The van der Waals surface area contributed by atoms with Crippen LogP contribution in [0.4, 0.5) is 11.8 Å². The third-order valence-electron chi connectivity index (χ3n) is 5.33. The molecule has 20 heavy (non-hydrogen) atoms. The molecule has 1 aliphatic rings. The maximum absolute atomic E-state index is 5.81. The summed E-state index contributed by atoms with van der Waals surface area (Å²) in [4.78, 5) is 10.9. The highest BCUT2D eigenvalue weighted by atomic mass is 32.1. The van der Waals surface area contributed by atoms with Crippen LogP contribution in [0.5, 0.6) is 0 Å². The van der Waals surface area contributed by atoms with Gasteiger partial charge in [0.05, 0.1) is 5.39 Å². The molecule has 2 heterocycles. The van der Waals surface area contributed by atoms with E-state index in [4.69, 9.17) is 5.73 Å². The summed E-state index contributed by atoms with van der Waals surface area (Å²) in [6.45, 7) is 12.3. The summed E-state index contributed by atoms with van der Waals surface area (Å²) in [6.07, 6.45) is 0. The first-order valence-corrected chi connectivity index (χ1v) is 7.82. The number of rotatable bonds is 3. The summed E-state index contributed by atoms with van der Waals surface area (Å²) in [7, 11) is 0. The molecule has 2 aromatic rings. The molecule has 3 rings (SSSR count). The molecule has 0 saturated heterocycles. The van der Waals surface area contributed by atoms with E-state index in [9.17, 15) is 0 Å². The summed E-state index contributed by atoms with van der Waals surface area (Å²) in [6, 6.07) is 2.13. The van der Waals surface area contributed by atoms with Gasteiger partial charge in [-0.1, -0.05) is 27.7 Å². The lowest BCUT2D eigenvalue weighted by molar-refractivity contribution is 0.457. The van der Waals surface area contributed by atoms with E-state index in [1.165, 1.54) is 4.88 Å². The van der Waals surface area contributed by atoms with Gasteiger partial charge in [0, 0.05) is 11.4 Å². The van der Waals surface area contributed by atoms with Crippen LogP contribution in [-0.2, 0) is 0 Å². The Kier molecular flexibility index (Phi) is 2.77. The van der Waals surface area contributed by atoms with E-state index < -0.39 is 0 Å². The number of fused-ring (bicyclic) bond motifs is 1. The second-order valence-electron chi connectivity index (χ2n) is 6.88. The Morgan fingerprint density at radius 1 is 1.25 bits per heavy atom. The van der Waals surface area contributed by atoms with Gasteiger partial charge in [-0.15, -0.1) is 11.3 Å². The SMILES string of the molecule is Cc1cc2c(NCC3C(C)(C)C3(C)C)nc(N)nc2s1. The monoisotopic (exact) mass is 290 g/mol. The fourth-order valence-electron chi connectivity index (χ4n) is 3.24. The second kappa shape index (κ2) is 4.07. The largest absolute Gasteiger partial charge is 0.369 e. The molecule has 2 aromatic heterocycles. The van der Waals surface area contributed by atoms with Gasteiger partial charge in [-0.05, 0) is 29.7 Å². The van der Waals surface area contributed by atoms with Crippen LogP contribution in [0, 0.1) is 23.7 Å². The van der Waals surface area contributed by atoms with Crippen LogP contribution in [0.2, 0.25) is 0 Å². The molecule has 1 saturated carbocycles. The Morgan fingerprint density at radius 3 is 2.50 bits per heavy atom. The van der Waals surface area contributed by atoms with Crippen LogP contribution in [-0.4, -0.2) is 16.5 Å². The van der Waals surface area contributed by atoms with Gasteiger partial charge in [-0.25, -0.2) is 4.98 Å². The van der Waals surface area contributed by atoms with Gasteiger partial charge >= 0.3 is 0 Å². The highest BCUT2D eigenvalue weighted by Crippen LogP contribution is 2.68. The zero-order chi connectivity index (χ0) is 14.7. The Bertz CT molecular complexity index is 658. The zero-order valence-corrected chi connectivity index (χ0v) is 13.6. The van der Waals surface area contributed by atoms with E-state index in [2.05, 4.69) is 56.0 Å². The zero-order valence-electron chi connectivity index (χ0n) is 12.7. The minimum absolute atomic E-state index is 0.344. The number of nitrogen functional groups attached to an aromatic ring is 1. The molecule has 1 aliphatic carbocycles. The quantitative estimate of drug-likeness (QED) is 0.905. The van der Waals surface area contributed by atoms with Crippen molar-refractivity contribution < 1.29 is 0 Å². The molecule has 0 aromatic carbocycles. The van der Waals surface area contributed by atoms with E-state index in [1.54, 1.807) is 11.3 Å². The van der Waals surface area contributed by atoms with Crippen LogP contribution in [0.1, 0.15) is 32.6 Å². The summed E-state index contributed by atoms with van der Waals surface area (Å²) in [5, 5.41) is 4.57. The first-order valence-electron chi connectivity index (χ1n) is 7.01. The predicted octanol–water partition coefficient (Wildman–Crippen LogP) is 3.68. The molecular weight excluding hydrogens is 268 g/mol. The second-order valence-corrected chi connectivity index (χ2v) is 8.12. The third-order valence-corrected chi connectivity index (χ3v) is 6.27. The Labute approximate surface area is 123 Å². The van der Waals surface area contributed by atoms with Crippen molar-refractivity contribution in [2.24, 2.45) is 16.7 Å². The van der Waals surface area contributed by atoms with Crippen molar-refractivity contribution in [2.45, 2.75) is 34.6 Å². The molecule has 0 amide bonds. The number of nitrogens with zero attached hydrogens (tertiary/aromatic N) is 2. The number of aromatic nitrogens is 2. The lowest BCUT2D eigenvalue weighted by Gasteiger charge is -2.08. The van der Waals surface area contributed by atoms with Crippen molar-refractivity contribution in [3.05, 3.63) is 10.9 Å². The van der Waals surface area contributed by atoms with E-state index in [1.807, 2.05) is 0 Å². The average molecular weight is 290 g/mol. The molecule has 4 nitrogen and oxygen atoms in total. The molecule has 108 valence electrons. The molecule has 0 unspecified atom stereocenters. The van der Waals surface area contributed by atoms with Crippen LogP contribution < -0.4 is 11.1 Å². The van der Waals surface area contributed by atoms with Gasteiger partial charge in [0.2, 0.25) is 5.95 Å². The smallest absolute Gasteiger partial charge is 0.223 e. The van der Waals surface area contributed by atoms with Crippen LogP contribution in [0.25, 0.3) is 10.2 Å². The minimum atomic E-state index is 0.344. The summed E-state index contributed by atoms with van der Waals surface area (Å²) >= 11 is 1.66. The van der Waals surface area contributed by atoms with E-state index in [0.29, 0.717) is 22.7 Å². The number of anilines is 2. The van der Waals surface area contributed by atoms with E-state index in [-0.39, 0.29) is 0 Å². The Balaban J connectivity index is 1.85. The minimum Gasteiger partial charge on any atom is -0.369 e. The summed E-state index contributed by atoms with van der Waals surface area (Å²) in [5.41, 5.74) is 6.56. The van der Waals surface area contributed by atoms with Crippen LogP contribution in [0.3, 0.4) is 0 Å². The predicted molar refractivity (Wildman–Crippen MR) is 86.1 cm³/mol. The number of thiophene rings is 1. The van der Waals surface area contributed by atoms with E-state index >= 15 is 0 Å². The molecular formula is C15H22N4S. The lowest BCUT2D eigenvalue weighted by Crippen LogP contribution is -2.10. The van der Waals surface area contributed by atoms with Crippen LogP contribution in [0.15, 0.2) is 6.07 Å². The number of aryl methyl sites for hydroxylation is 1. The van der Waals surface area contributed by atoms with Crippen molar-refractivity contribution in [2.75, 3.05) is 17.6 Å². The number of hydrogen-bond acceptors (Lipinski definition) is 5.